The molecular formula is C17H25N3O4S. The Bertz CT molecular complexity index is 712. The first-order chi connectivity index (χ1) is 11.9. The minimum Gasteiger partial charge on any atom is -0.496 e. The van der Waals surface area contributed by atoms with Crippen molar-refractivity contribution in [3.05, 3.63) is 29.8 Å². The number of amides is 1. The average molecular weight is 367 g/mol. The van der Waals surface area contributed by atoms with Gasteiger partial charge in [-0.3, -0.25) is 4.79 Å². The minimum atomic E-state index is -3.45. The van der Waals surface area contributed by atoms with Gasteiger partial charge in [-0.2, -0.15) is 9.41 Å². The van der Waals surface area contributed by atoms with Gasteiger partial charge in [0, 0.05) is 11.6 Å². The van der Waals surface area contributed by atoms with Crippen LogP contribution in [0.15, 0.2) is 29.4 Å². The van der Waals surface area contributed by atoms with Crippen LogP contribution in [0.1, 0.15) is 37.7 Å². The molecule has 1 amide bonds. The molecule has 0 aliphatic heterocycles. The Kier molecular flexibility index (Phi) is 6.95. The summed E-state index contributed by atoms with van der Waals surface area (Å²) in [5, 5.41) is 3.90. The lowest BCUT2D eigenvalue weighted by molar-refractivity contribution is -0.121. The SMILES string of the molecule is COc1ccccc1/C=N/NC(=O)CN(C1CCCCC1)S(C)(=O)=O. The molecule has 1 aromatic carbocycles. The van der Waals surface area contributed by atoms with Gasteiger partial charge in [0.25, 0.3) is 5.91 Å². The van der Waals surface area contributed by atoms with E-state index in [1.807, 2.05) is 12.1 Å². The number of nitrogens with zero attached hydrogens (tertiary/aromatic N) is 2. The average Bonchev–Trinajstić information content (AvgIpc) is 2.60. The van der Waals surface area contributed by atoms with Crippen LogP contribution in [0.3, 0.4) is 0 Å². The molecule has 0 saturated heterocycles. The van der Waals surface area contributed by atoms with E-state index in [0.717, 1.165) is 43.9 Å². The zero-order valence-corrected chi connectivity index (χ0v) is 15.5. The number of para-hydroxylation sites is 1. The number of ether oxygens (including phenoxy) is 1. The number of nitrogens with one attached hydrogen (secondary N) is 1. The van der Waals surface area contributed by atoms with Crippen molar-refractivity contribution in [2.45, 2.75) is 38.1 Å². The molecule has 0 unspecified atom stereocenters. The Morgan fingerprint density at radius 1 is 1.32 bits per heavy atom. The van der Waals surface area contributed by atoms with Crippen LogP contribution in [0.25, 0.3) is 0 Å². The molecule has 1 saturated carbocycles. The van der Waals surface area contributed by atoms with E-state index >= 15 is 0 Å². The predicted octanol–water partition coefficient (Wildman–Crippen LogP) is 1.74. The number of rotatable bonds is 7. The highest BCUT2D eigenvalue weighted by atomic mass is 32.2. The number of benzene rings is 1. The lowest BCUT2D eigenvalue weighted by Gasteiger charge is -2.31. The minimum absolute atomic E-state index is 0.104. The molecule has 138 valence electrons. The van der Waals surface area contributed by atoms with Gasteiger partial charge in [-0.25, -0.2) is 13.8 Å². The van der Waals surface area contributed by atoms with Crippen LogP contribution in [0, 0.1) is 0 Å². The lowest BCUT2D eigenvalue weighted by Crippen LogP contribution is -2.45. The highest BCUT2D eigenvalue weighted by Crippen LogP contribution is 2.24. The van der Waals surface area contributed by atoms with Crippen molar-refractivity contribution in [1.29, 1.82) is 0 Å². The van der Waals surface area contributed by atoms with Gasteiger partial charge in [0.1, 0.15) is 5.75 Å². The summed E-state index contributed by atoms with van der Waals surface area (Å²) in [6, 6.07) is 7.16. The summed E-state index contributed by atoms with van der Waals surface area (Å²) in [6.07, 6.45) is 7.31. The first-order valence-corrected chi connectivity index (χ1v) is 10.2. The van der Waals surface area contributed by atoms with Crippen molar-refractivity contribution in [3.63, 3.8) is 0 Å². The predicted molar refractivity (Wildman–Crippen MR) is 97.2 cm³/mol. The summed E-state index contributed by atoms with van der Waals surface area (Å²) in [7, 11) is -1.89. The van der Waals surface area contributed by atoms with Gasteiger partial charge in [0.15, 0.2) is 0 Å². The van der Waals surface area contributed by atoms with Gasteiger partial charge in [-0.15, -0.1) is 0 Å². The van der Waals surface area contributed by atoms with E-state index in [4.69, 9.17) is 4.74 Å². The highest BCUT2D eigenvalue weighted by Gasteiger charge is 2.29. The molecule has 1 aliphatic rings. The third-order valence-electron chi connectivity index (χ3n) is 4.24. The zero-order chi connectivity index (χ0) is 18.3. The maximum Gasteiger partial charge on any atom is 0.255 e. The van der Waals surface area contributed by atoms with E-state index < -0.39 is 15.9 Å². The Labute approximate surface area is 149 Å². The Balaban J connectivity index is 1.98. The standard InChI is InChI=1S/C17H25N3O4S/c1-24-16-11-7-6-8-14(16)12-18-19-17(21)13-20(25(2,22)23)15-9-4-3-5-10-15/h6-8,11-12,15H,3-5,9-10,13H2,1-2H3,(H,19,21)/b18-12+. The van der Waals surface area contributed by atoms with Crippen LogP contribution < -0.4 is 10.2 Å². The third-order valence-corrected chi connectivity index (χ3v) is 5.52. The number of hydrogen-bond donors (Lipinski definition) is 1. The highest BCUT2D eigenvalue weighted by molar-refractivity contribution is 7.88. The van der Waals surface area contributed by atoms with E-state index in [2.05, 4.69) is 10.5 Å². The molecule has 0 bridgehead atoms. The summed E-state index contributed by atoms with van der Waals surface area (Å²) in [5.41, 5.74) is 3.11. The molecule has 0 heterocycles. The fourth-order valence-electron chi connectivity index (χ4n) is 3.01. The van der Waals surface area contributed by atoms with Crippen molar-refractivity contribution >= 4 is 22.1 Å². The first-order valence-electron chi connectivity index (χ1n) is 8.33. The van der Waals surface area contributed by atoms with Crippen LogP contribution in [-0.4, -0.2) is 50.8 Å². The van der Waals surface area contributed by atoms with Crippen LogP contribution in [0.4, 0.5) is 0 Å². The van der Waals surface area contributed by atoms with Crippen LogP contribution in [0.2, 0.25) is 0 Å². The topological polar surface area (TPSA) is 88.1 Å². The van der Waals surface area contributed by atoms with Crippen molar-refractivity contribution < 1.29 is 17.9 Å². The van der Waals surface area contributed by atoms with E-state index in [0.29, 0.717) is 5.75 Å². The summed E-state index contributed by atoms with van der Waals surface area (Å²) < 4.78 is 30.6. The quantitative estimate of drug-likeness (QED) is 0.587. The van der Waals surface area contributed by atoms with Crippen molar-refractivity contribution in [2.24, 2.45) is 5.10 Å². The molecule has 0 atom stereocenters. The van der Waals surface area contributed by atoms with Gasteiger partial charge < -0.3 is 4.74 Å². The van der Waals surface area contributed by atoms with Crippen LogP contribution >= 0.6 is 0 Å². The Hall–Kier alpha value is -1.93. The molecule has 2 rings (SSSR count). The van der Waals surface area contributed by atoms with Gasteiger partial charge in [-0.05, 0) is 25.0 Å². The largest absolute Gasteiger partial charge is 0.496 e. The van der Waals surface area contributed by atoms with Gasteiger partial charge >= 0.3 is 0 Å². The second-order valence-corrected chi connectivity index (χ2v) is 8.07. The molecule has 25 heavy (non-hydrogen) atoms. The van der Waals surface area contributed by atoms with E-state index in [-0.39, 0.29) is 12.6 Å². The molecule has 0 radical (unpaired) electrons. The number of hydrazone groups is 1. The van der Waals surface area contributed by atoms with Crippen molar-refractivity contribution in [2.75, 3.05) is 19.9 Å². The third kappa shape index (κ3) is 5.82. The van der Waals surface area contributed by atoms with Crippen molar-refractivity contribution in [3.8, 4) is 5.75 Å². The van der Waals surface area contributed by atoms with E-state index in [1.165, 1.54) is 10.5 Å². The second kappa shape index (κ2) is 8.96. The fourth-order valence-corrected chi connectivity index (χ4v) is 4.11. The Morgan fingerprint density at radius 2 is 2.00 bits per heavy atom. The van der Waals surface area contributed by atoms with Crippen molar-refractivity contribution in [1.82, 2.24) is 9.73 Å². The summed E-state index contributed by atoms with van der Waals surface area (Å²) in [4.78, 5) is 12.1. The monoisotopic (exact) mass is 367 g/mol. The summed E-state index contributed by atoms with van der Waals surface area (Å²) in [5.74, 6) is 0.183. The summed E-state index contributed by atoms with van der Waals surface area (Å²) in [6.45, 7) is -0.216. The molecule has 7 nitrogen and oxygen atoms in total. The number of carbonyl (C=O) groups excluding carboxylic acids is 1. The normalized spacial score (nSPS) is 16.3. The molecule has 8 heteroatoms. The fraction of sp³-hybridized carbons (Fsp3) is 0.529. The molecule has 1 fully saturated rings. The summed E-state index contributed by atoms with van der Waals surface area (Å²) >= 11 is 0. The number of carbonyl (C=O) groups is 1. The Morgan fingerprint density at radius 3 is 2.64 bits per heavy atom. The maximum atomic E-state index is 12.1. The van der Waals surface area contributed by atoms with Crippen LogP contribution in [0.5, 0.6) is 5.75 Å². The maximum absolute atomic E-state index is 12.1. The van der Waals surface area contributed by atoms with Crippen LogP contribution in [-0.2, 0) is 14.8 Å². The smallest absolute Gasteiger partial charge is 0.255 e. The lowest BCUT2D eigenvalue weighted by atomic mass is 9.95. The molecule has 1 aliphatic carbocycles. The zero-order valence-electron chi connectivity index (χ0n) is 14.6. The van der Waals surface area contributed by atoms with Gasteiger partial charge in [-0.1, -0.05) is 31.4 Å². The molecule has 0 spiro atoms. The van der Waals surface area contributed by atoms with Gasteiger partial charge in [0.05, 0.1) is 26.1 Å². The number of sulfonamides is 1. The van der Waals surface area contributed by atoms with E-state index in [1.54, 1.807) is 19.2 Å². The molecule has 1 N–H and O–H groups in total. The second-order valence-electron chi connectivity index (χ2n) is 6.14. The number of methoxy groups -OCH3 is 1. The number of hydrogen-bond acceptors (Lipinski definition) is 5. The molecular weight excluding hydrogens is 342 g/mol. The molecule has 0 aromatic heterocycles. The first kappa shape index (κ1) is 19.4. The van der Waals surface area contributed by atoms with Gasteiger partial charge in [0.2, 0.25) is 10.0 Å². The van der Waals surface area contributed by atoms with E-state index in [9.17, 15) is 13.2 Å². The molecule has 1 aromatic rings.